The summed E-state index contributed by atoms with van der Waals surface area (Å²) in [6, 6.07) is 9.78. The van der Waals surface area contributed by atoms with Gasteiger partial charge in [0.2, 0.25) is 0 Å². The summed E-state index contributed by atoms with van der Waals surface area (Å²) in [4.78, 5) is 0. The molecule has 0 saturated carbocycles. The summed E-state index contributed by atoms with van der Waals surface area (Å²) in [6.45, 7) is 0.149. The van der Waals surface area contributed by atoms with Gasteiger partial charge < -0.3 is 10.1 Å². The van der Waals surface area contributed by atoms with Gasteiger partial charge in [-0.15, -0.1) is 13.2 Å². The predicted molar refractivity (Wildman–Crippen MR) is 74.6 cm³/mol. The molecule has 0 aliphatic carbocycles. The molecule has 0 amide bonds. The molecule has 0 saturated heterocycles. The van der Waals surface area contributed by atoms with Crippen LogP contribution in [0.15, 0.2) is 46.9 Å². The number of hydrogen-bond donors (Lipinski definition) is 1. The van der Waals surface area contributed by atoms with E-state index in [1.54, 1.807) is 6.07 Å². The third-order valence-electron chi connectivity index (χ3n) is 2.59. The van der Waals surface area contributed by atoms with E-state index < -0.39 is 12.2 Å². The maximum atomic E-state index is 13.2. The van der Waals surface area contributed by atoms with Crippen LogP contribution in [0.3, 0.4) is 0 Å². The minimum Gasteiger partial charge on any atom is -0.404 e. The molecule has 0 spiro atoms. The maximum absolute atomic E-state index is 13.2. The molecule has 0 aromatic heterocycles. The predicted octanol–water partition coefficient (Wildman–Crippen LogP) is 5.10. The highest BCUT2D eigenvalue weighted by atomic mass is 79.9. The van der Waals surface area contributed by atoms with Crippen LogP contribution >= 0.6 is 15.9 Å². The quantitative estimate of drug-likeness (QED) is 0.763. The Hall–Kier alpha value is -1.76. The molecule has 2 aromatic rings. The normalized spacial score (nSPS) is 11.3. The van der Waals surface area contributed by atoms with Crippen molar-refractivity contribution in [2.75, 3.05) is 5.32 Å². The number of hydrogen-bond acceptors (Lipinski definition) is 2. The van der Waals surface area contributed by atoms with Crippen molar-refractivity contribution in [1.82, 2.24) is 0 Å². The lowest BCUT2D eigenvalue weighted by atomic mass is 10.2. The Kier molecular flexibility index (Phi) is 4.72. The molecule has 1 N–H and O–H groups in total. The zero-order valence-corrected chi connectivity index (χ0v) is 12.1. The molecule has 112 valence electrons. The summed E-state index contributed by atoms with van der Waals surface area (Å²) >= 11 is 3.25. The van der Waals surface area contributed by atoms with Crippen molar-refractivity contribution in [3.63, 3.8) is 0 Å². The first-order valence-corrected chi connectivity index (χ1v) is 6.67. The van der Waals surface area contributed by atoms with Crippen molar-refractivity contribution >= 4 is 21.6 Å². The van der Waals surface area contributed by atoms with E-state index >= 15 is 0 Å². The Balaban J connectivity index is 2.15. The molecule has 0 radical (unpaired) electrons. The molecule has 21 heavy (non-hydrogen) atoms. The number of nitrogens with one attached hydrogen (secondary N) is 1. The SMILES string of the molecule is Fc1ccc(Br)c(CNc2ccccc2OC(F)(F)F)c1. The van der Waals surface area contributed by atoms with Crippen LogP contribution < -0.4 is 10.1 Å². The van der Waals surface area contributed by atoms with Crippen LogP contribution in [0.5, 0.6) is 5.75 Å². The smallest absolute Gasteiger partial charge is 0.404 e. The second-order valence-corrected chi connectivity index (χ2v) is 4.99. The number of anilines is 1. The van der Waals surface area contributed by atoms with Crippen LogP contribution in [0, 0.1) is 5.82 Å². The molecule has 0 aliphatic heterocycles. The summed E-state index contributed by atoms with van der Waals surface area (Å²) in [5.41, 5.74) is 0.753. The Morgan fingerprint density at radius 3 is 2.52 bits per heavy atom. The van der Waals surface area contributed by atoms with Crippen molar-refractivity contribution in [3.8, 4) is 5.75 Å². The van der Waals surface area contributed by atoms with E-state index in [0.717, 1.165) is 0 Å². The molecular formula is C14H10BrF4NO. The van der Waals surface area contributed by atoms with E-state index in [0.29, 0.717) is 10.0 Å². The largest absolute Gasteiger partial charge is 0.573 e. The van der Waals surface area contributed by atoms with Crippen LogP contribution in [0.25, 0.3) is 0 Å². The van der Waals surface area contributed by atoms with Crippen LogP contribution in [0.1, 0.15) is 5.56 Å². The van der Waals surface area contributed by atoms with E-state index in [4.69, 9.17) is 0 Å². The molecule has 0 atom stereocenters. The fraction of sp³-hybridized carbons (Fsp3) is 0.143. The van der Waals surface area contributed by atoms with E-state index in [1.165, 1.54) is 36.4 Å². The van der Waals surface area contributed by atoms with Crippen molar-refractivity contribution in [2.45, 2.75) is 12.9 Å². The molecule has 2 rings (SSSR count). The molecule has 0 fully saturated rings. The molecule has 7 heteroatoms. The zero-order valence-electron chi connectivity index (χ0n) is 10.5. The number of benzene rings is 2. The van der Waals surface area contributed by atoms with E-state index in [1.807, 2.05) is 0 Å². The lowest BCUT2D eigenvalue weighted by Crippen LogP contribution is -2.18. The van der Waals surface area contributed by atoms with Gasteiger partial charge in [0.05, 0.1) is 5.69 Å². The minimum absolute atomic E-state index is 0.149. The third kappa shape index (κ3) is 4.63. The van der Waals surface area contributed by atoms with Crippen LogP contribution in [0.2, 0.25) is 0 Å². The highest BCUT2D eigenvalue weighted by Gasteiger charge is 2.32. The second kappa shape index (κ2) is 6.34. The number of halogens is 5. The summed E-state index contributed by atoms with van der Waals surface area (Å²) in [7, 11) is 0. The lowest BCUT2D eigenvalue weighted by molar-refractivity contribution is -0.274. The summed E-state index contributed by atoms with van der Waals surface area (Å²) in [5, 5.41) is 2.80. The van der Waals surface area contributed by atoms with Gasteiger partial charge in [-0.2, -0.15) is 0 Å². The molecule has 2 aromatic carbocycles. The Morgan fingerprint density at radius 1 is 1.10 bits per heavy atom. The summed E-state index contributed by atoms with van der Waals surface area (Å²) < 4.78 is 54.6. The van der Waals surface area contributed by atoms with Crippen LogP contribution in [0.4, 0.5) is 23.2 Å². The fourth-order valence-electron chi connectivity index (χ4n) is 1.70. The van der Waals surface area contributed by atoms with Crippen molar-refractivity contribution < 1.29 is 22.3 Å². The highest BCUT2D eigenvalue weighted by Crippen LogP contribution is 2.30. The number of alkyl halides is 3. The van der Waals surface area contributed by atoms with E-state index in [2.05, 4.69) is 26.0 Å². The molecule has 0 unspecified atom stereocenters. The number of ether oxygens (including phenoxy) is 1. The molecule has 0 heterocycles. The van der Waals surface area contributed by atoms with Crippen molar-refractivity contribution in [1.29, 1.82) is 0 Å². The summed E-state index contributed by atoms with van der Waals surface area (Å²) in [6.07, 6.45) is -4.77. The second-order valence-electron chi connectivity index (χ2n) is 4.13. The number of rotatable bonds is 4. The maximum Gasteiger partial charge on any atom is 0.573 e. The van der Waals surface area contributed by atoms with Gasteiger partial charge in [-0.05, 0) is 35.9 Å². The molecule has 0 bridgehead atoms. The first-order chi connectivity index (χ1) is 9.85. The average Bonchev–Trinajstić information content (AvgIpc) is 2.39. The van der Waals surface area contributed by atoms with Gasteiger partial charge in [0.1, 0.15) is 5.82 Å². The topological polar surface area (TPSA) is 21.3 Å². The van der Waals surface area contributed by atoms with Crippen LogP contribution in [-0.2, 0) is 6.54 Å². The Morgan fingerprint density at radius 2 is 1.81 bits per heavy atom. The Labute approximate surface area is 126 Å². The van der Waals surface area contributed by atoms with Gasteiger partial charge in [-0.1, -0.05) is 28.1 Å². The fourth-order valence-corrected chi connectivity index (χ4v) is 2.08. The monoisotopic (exact) mass is 363 g/mol. The van der Waals surface area contributed by atoms with Gasteiger partial charge in [0.25, 0.3) is 0 Å². The average molecular weight is 364 g/mol. The van der Waals surface area contributed by atoms with Gasteiger partial charge in [0.15, 0.2) is 5.75 Å². The summed E-state index contributed by atoms with van der Waals surface area (Å²) in [5.74, 6) is -0.757. The van der Waals surface area contributed by atoms with Gasteiger partial charge >= 0.3 is 6.36 Å². The van der Waals surface area contributed by atoms with Gasteiger partial charge in [-0.3, -0.25) is 0 Å². The van der Waals surface area contributed by atoms with E-state index in [9.17, 15) is 17.6 Å². The lowest BCUT2D eigenvalue weighted by Gasteiger charge is -2.15. The Bertz CT molecular complexity index is 631. The first-order valence-electron chi connectivity index (χ1n) is 5.88. The molecule has 2 nitrogen and oxygen atoms in total. The van der Waals surface area contributed by atoms with Crippen LogP contribution in [-0.4, -0.2) is 6.36 Å². The van der Waals surface area contributed by atoms with Crippen molar-refractivity contribution in [3.05, 3.63) is 58.3 Å². The van der Waals surface area contributed by atoms with Gasteiger partial charge in [-0.25, -0.2) is 4.39 Å². The minimum atomic E-state index is -4.77. The standard InChI is InChI=1S/C14H10BrF4NO/c15-11-6-5-10(16)7-9(11)8-20-12-3-1-2-4-13(12)21-14(17,18)19/h1-7,20H,8H2. The third-order valence-corrected chi connectivity index (χ3v) is 3.36. The first kappa shape index (κ1) is 15.6. The van der Waals surface area contributed by atoms with Gasteiger partial charge in [0, 0.05) is 11.0 Å². The molecular weight excluding hydrogens is 354 g/mol. The van der Waals surface area contributed by atoms with Crippen molar-refractivity contribution in [2.24, 2.45) is 0 Å². The van der Waals surface area contributed by atoms with E-state index in [-0.39, 0.29) is 18.0 Å². The number of para-hydroxylation sites is 2. The highest BCUT2D eigenvalue weighted by molar-refractivity contribution is 9.10. The molecule has 0 aliphatic rings. The zero-order chi connectivity index (χ0) is 15.5.